The van der Waals surface area contributed by atoms with Crippen LogP contribution in [0.1, 0.15) is 33.1 Å². The van der Waals surface area contributed by atoms with Crippen LogP contribution < -0.4 is 10.9 Å². The van der Waals surface area contributed by atoms with E-state index >= 15 is 0 Å². The third-order valence-electron chi connectivity index (χ3n) is 3.37. The van der Waals surface area contributed by atoms with E-state index in [9.17, 15) is 4.79 Å². The second-order valence-corrected chi connectivity index (χ2v) is 7.22. The Balaban J connectivity index is 2.09. The number of rotatable bonds is 5. The van der Waals surface area contributed by atoms with E-state index < -0.39 is 0 Å². The van der Waals surface area contributed by atoms with Crippen LogP contribution in [0.4, 0.5) is 5.69 Å². The van der Waals surface area contributed by atoms with E-state index in [0.717, 1.165) is 13.0 Å². The van der Waals surface area contributed by atoms with Crippen LogP contribution in [-0.4, -0.2) is 26.8 Å². The molecule has 6 heteroatoms. The molecule has 0 aromatic carbocycles. The Labute approximate surface area is 122 Å². The Bertz CT molecular complexity index is 497. The summed E-state index contributed by atoms with van der Waals surface area (Å²) in [6.45, 7) is 5.67. The van der Waals surface area contributed by atoms with Gasteiger partial charge in [-0.15, -0.1) is 0 Å². The number of aryl methyl sites for hydroxylation is 1. The van der Waals surface area contributed by atoms with Gasteiger partial charge in [0.2, 0.25) is 0 Å². The number of thioether (sulfide) groups is 1. The first-order valence-corrected chi connectivity index (χ1v) is 8.05. The topological polar surface area (TPSA) is 46.9 Å². The van der Waals surface area contributed by atoms with Gasteiger partial charge in [0, 0.05) is 17.8 Å². The van der Waals surface area contributed by atoms with E-state index in [4.69, 9.17) is 11.6 Å². The standard InChI is InChI=1S/C13H20ClN3OS/c1-3-6-17-12(18)11(14)10(8-16-17)15-9-13(2)5-4-7-19-13/h8,15H,3-7,9H2,1-2H3. The quantitative estimate of drug-likeness (QED) is 0.908. The van der Waals surface area contributed by atoms with E-state index in [-0.39, 0.29) is 15.3 Å². The molecule has 0 saturated carbocycles. The molecular formula is C13H20ClN3OS. The van der Waals surface area contributed by atoms with Gasteiger partial charge in [0.15, 0.2) is 0 Å². The minimum Gasteiger partial charge on any atom is -0.381 e. The van der Waals surface area contributed by atoms with Gasteiger partial charge in [-0.3, -0.25) is 4.79 Å². The Morgan fingerprint density at radius 3 is 3.05 bits per heavy atom. The number of nitrogens with one attached hydrogen (secondary N) is 1. The van der Waals surface area contributed by atoms with Crippen molar-refractivity contribution in [1.82, 2.24) is 9.78 Å². The van der Waals surface area contributed by atoms with Crippen molar-refractivity contribution in [3.63, 3.8) is 0 Å². The zero-order valence-electron chi connectivity index (χ0n) is 11.4. The molecule has 0 spiro atoms. The second-order valence-electron chi connectivity index (χ2n) is 5.16. The predicted molar refractivity (Wildman–Crippen MR) is 82.4 cm³/mol. The van der Waals surface area contributed by atoms with Crippen molar-refractivity contribution >= 4 is 29.1 Å². The molecule has 1 aliphatic heterocycles. The highest BCUT2D eigenvalue weighted by Crippen LogP contribution is 2.37. The first-order chi connectivity index (χ1) is 9.06. The molecule has 2 heterocycles. The Kier molecular flexibility index (Phi) is 4.79. The zero-order valence-corrected chi connectivity index (χ0v) is 13.0. The largest absolute Gasteiger partial charge is 0.381 e. The highest BCUT2D eigenvalue weighted by Gasteiger charge is 2.29. The Morgan fingerprint density at radius 1 is 1.63 bits per heavy atom. The van der Waals surface area contributed by atoms with Crippen LogP contribution in [0, 0.1) is 0 Å². The van der Waals surface area contributed by atoms with E-state index in [1.807, 2.05) is 18.7 Å². The first-order valence-electron chi connectivity index (χ1n) is 6.69. The van der Waals surface area contributed by atoms with Crippen LogP contribution in [0.5, 0.6) is 0 Å². The van der Waals surface area contributed by atoms with E-state index in [0.29, 0.717) is 12.2 Å². The molecule has 4 nitrogen and oxygen atoms in total. The number of nitrogens with zero attached hydrogens (tertiary/aromatic N) is 2. The summed E-state index contributed by atoms with van der Waals surface area (Å²) in [6, 6.07) is 0. The summed E-state index contributed by atoms with van der Waals surface area (Å²) < 4.78 is 1.65. The molecular weight excluding hydrogens is 282 g/mol. The van der Waals surface area contributed by atoms with Crippen molar-refractivity contribution in [3.05, 3.63) is 21.6 Å². The molecule has 1 aromatic heterocycles. The van der Waals surface area contributed by atoms with Crippen LogP contribution in [0.2, 0.25) is 5.02 Å². The van der Waals surface area contributed by atoms with Gasteiger partial charge in [-0.2, -0.15) is 16.9 Å². The van der Waals surface area contributed by atoms with Gasteiger partial charge in [-0.05, 0) is 31.9 Å². The SMILES string of the molecule is CCCn1ncc(NCC2(C)CCCS2)c(Cl)c1=O. The fourth-order valence-electron chi connectivity index (χ4n) is 2.22. The predicted octanol–water partition coefficient (Wildman–Crippen LogP) is 3.00. The minimum atomic E-state index is -0.210. The number of aromatic nitrogens is 2. The molecule has 1 atom stereocenters. The normalized spacial score (nSPS) is 22.7. The summed E-state index contributed by atoms with van der Waals surface area (Å²) in [4.78, 5) is 12.0. The summed E-state index contributed by atoms with van der Waals surface area (Å²) >= 11 is 8.10. The van der Waals surface area contributed by atoms with Gasteiger partial charge in [0.05, 0.1) is 11.9 Å². The van der Waals surface area contributed by atoms with Gasteiger partial charge >= 0.3 is 0 Å². The lowest BCUT2D eigenvalue weighted by atomic mass is 10.1. The molecule has 19 heavy (non-hydrogen) atoms. The molecule has 1 fully saturated rings. The van der Waals surface area contributed by atoms with Gasteiger partial charge in [-0.25, -0.2) is 4.68 Å². The maximum absolute atomic E-state index is 12.0. The van der Waals surface area contributed by atoms with Crippen molar-refractivity contribution in [2.45, 2.75) is 44.4 Å². The van der Waals surface area contributed by atoms with Crippen molar-refractivity contribution < 1.29 is 0 Å². The Hall–Kier alpha value is -0.680. The average molecular weight is 302 g/mol. The van der Waals surface area contributed by atoms with E-state index in [1.165, 1.54) is 23.3 Å². The molecule has 1 N–H and O–H groups in total. The fraction of sp³-hybridized carbons (Fsp3) is 0.692. The lowest BCUT2D eigenvalue weighted by Crippen LogP contribution is -2.29. The molecule has 106 valence electrons. The second kappa shape index (κ2) is 6.18. The number of hydrogen-bond acceptors (Lipinski definition) is 4. The summed E-state index contributed by atoms with van der Waals surface area (Å²) in [6.07, 6.45) is 4.97. The molecule has 2 rings (SSSR count). The van der Waals surface area contributed by atoms with Gasteiger partial charge in [0.25, 0.3) is 5.56 Å². The third kappa shape index (κ3) is 3.45. The lowest BCUT2D eigenvalue weighted by Gasteiger charge is -2.23. The highest BCUT2D eigenvalue weighted by molar-refractivity contribution is 8.00. The molecule has 0 aliphatic carbocycles. The smallest absolute Gasteiger partial charge is 0.287 e. The zero-order chi connectivity index (χ0) is 13.9. The van der Waals surface area contributed by atoms with Crippen molar-refractivity contribution in [2.75, 3.05) is 17.6 Å². The number of halogens is 1. The van der Waals surface area contributed by atoms with Crippen molar-refractivity contribution in [2.24, 2.45) is 0 Å². The van der Waals surface area contributed by atoms with Crippen LogP contribution in [0.3, 0.4) is 0 Å². The molecule has 1 unspecified atom stereocenters. The Morgan fingerprint density at radius 2 is 2.42 bits per heavy atom. The first kappa shape index (κ1) is 14.7. The monoisotopic (exact) mass is 301 g/mol. The van der Waals surface area contributed by atoms with Crippen LogP contribution in [0.15, 0.2) is 11.0 Å². The summed E-state index contributed by atoms with van der Waals surface area (Å²) in [5.41, 5.74) is 0.436. The van der Waals surface area contributed by atoms with Crippen molar-refractivity contribution in [1.29, 1.82) is 0 Å². The summed E-state index contributed by atoms with van der Waals surface area (Å²) in [5, 5.41) is 7.67. The maximum Gasteiger partial charge on any atom is 0.287 e. The number of hydrogen-bond donors (Lipinski definition) is 1. The van der Waals surface area contributed by atoms with Gasteiger partial charge in [-0.1, -0.05) is 18.5 Å². The molecule has 0 amide bonds. The fourth-order valence-corrected chi connectivity index (χ4v) is 3.68. The summed E-state index contributed by atoms with van der Waals surface area (Å²) in [7, 11) is 0. The molecule has 0 bridgehead atoms. The molecule has 1 saturated heterocycles. The average Bonchev–Trinajstić information content (AvgIpc) is 2.82. The minimum absolute atomic E-state index is 0.210. The lowest BCUT2D eigenvalue weighted by molar-refractivity contribution is 0.568. The van der Waals surface area contributed by atoms with Crippen molar-refractivity contribution in [3.8, 4) is 0 Å². The maximum atomic E-state index is 12.0. The summed E-state index contributed by atoms with van der Waals surface area (Å²) in [5.74, 6) is 1.21. The van der Waals surface area contributed by atoms with E-state index in [2.05, 4.69) is 17.3 Å². The number of anilines is 1. The van der Waals surface area contributed by atoms with Crippen LogP contribution in [-0.2, 0) is 6.54 Å². The highest BCUT2D eigenvalue weighted by atomic mass is 35.5. The van der Waals surface area contributed by atoms with E-state index in [1.54, 1.807) is 6.20 Å². The van der Waals surface area contributed by atoms with Gasteiger partial charge < -0.3 is 5.32 Å². The molecule has 1 aliphatic rings. The van der Waals surface area contributed by atoms with Crippen LogP contribution >= 0.6 is 23.4 Å². The molecule has 1 aromatic rings. The van der Waals surface area contributed by atoms with Crippen LogP contribution in [0.25, 0.3) is 0 Å². The van der Waals surface area contributed by atoms with Gasteiger partial charge in [0.1, 0.15) is 5.02 Å². The molecule has 0 radical (unpaired) electrons. The third-order valence-corrected chi connectivity index (χ3v) is 5.28.